The molecule has 0 aliphatic carbocycles. The van der Waals surface area contributed by atoms with Crippen LogP contribution in [0.5, 0.6) is 0 Å². The Labute approximate surface area is 196 Å². The van der Waals surface area contributed by atoms with E-state index in [1.807, 2.05) is 13.0 Å². The Kier molecular flexibility index (Phi) is 11.6. The third-order valence-electron chi connectivity index (χ3n) is 4.36. The molecule has 0 saturated heterocycles. The number of nitrogens with zero attached hydrogens (tertiary/aromatic N) is 4. The Morgan fingerprint density at radius 3 is 2.55 bits per heavy atom. The Morgan fingerprint density at radius 1 is 1.16 bits per heavy atom. The van der Waals surface area contributed by atoms with E-state index in [1.165, 1.54) is 0 Å². The largest absolute Gasteiger partial charge is 0.433 e. The lowest BCUT2D eigenvalue weighted by atomic mass is 9.99. The highest BCUT2D eigenvalue weighted by Crippen LogP contribution is 2.27. The predicted octanol–water partition coefficient (Wildman–Crippen LogP) is 4.17. The maximum atomic E-state index is 12.7. The molecule has 8 nitrogen and oxygen atoms in total. The quantitative estimate of drug-likeness (QED) is 0.175. The van der Waals surface area contributed by atoms with E-state index in [0.717, 1.165) is 30.8 Å². The highest BCUT2D eigenvalue weighted by atomic mass is 127. The molecular weight excluding hydrogens is 526 g/mol. The van der Waals surface area contributed by atoms with Gasteiger partial charge in [0.05, 0.1) is 5.69 Å². The minimum Gasteiger partial charge on any atom is -0.359 e. The van der Waals surface area contributed by atoms with Crippen LogP contribution < -0.4 is 16.0 Å². The van der Waals surface area contributed by atoms with Crippen molar-refractivity contribution >= 4 is 35.9 Å². The molecule has 0 amide bonds. The standard InChI is InChI=1S/C19H28F3N7O.HI/c1-4-13(5-2)15-11-14(30-29-15)12-27-17(23-6-3)25-9-10-26-18-24-8-7-16(28-18)19(20,21)22;/h7-8,11,13H,4-6,9-10,12H2,1-3H3,(H2,23,25,27)(H,24,26,28);1H. The molecule has 0 unspecified atom stereocenters. The molecule has 0 bridgehead atoms. The van der Waals surface area contributed by atoms with Crippen molar-refractivity contribution in [2.45, 2.75) is 52.3 Å². The molecule has 2 heterocycles. The van der Waals surface area contributed by atoms with Gasteiger partial charge in [0.25, 0.3) is 0 Å². The molecule has 2 aromatic heterocycles. The molecule has 0 radical (unpaired) electrons. The van der Waals surface area contributed by atoms with Crippen molar-refractivity contribution in [2.24, 2.45) is 4.99 Å². The summed E-state index contributed by atoms with van der Waals surface area (Å²) in [6, 6.07) is 2.76. The highest BCUT2D eigenvalue weighted by Gasteiger charge is 2.32. The van der Waals surface area contributed by atoms with Gasteiger partial charge in [0.1, 0.15) is 12.2 Å². The van der Waals surface area contributed by atoms with Crippen LogP contribution in [-0.4, -0.2) is 40.7 Å². The van der Waals surface area contributed by atoms with Crippen molar-refractivity contribution in [1.29, 1.82) is 0 Å². The van der Waals surface area contributed by atoms with Crippen LogP contribution in [0, 0.1) is 0 Å². The SMILES string of the molecule is CCNC(=NCc1cc(C(CC)CC)no1)NCCNc1nccc(C(F)(F)F)n1.I. The molecule has 2 aromatic rings. The Balaban J connectivity index is 0.00000480. The number of halogens is 4. The maximum Gasteiger partial charge on any atom is 0.433 e. The first-order valence-corrected chi connectivity index (χ1v) is 9.99. The monoisotopic (exact) mass is 555 g/mol. The van der Waals surface area contributed by atoms with Gasteiger partial charge < -0.3 is 20.5 Å². The fourth-order valence-corrected chi connectivity index (χ4v) is 2.76. The summed E-state index contributed by atoms with van der Waals surface area (Å²) in [7, 11) is 0. The molecule has 174 valence electrons. The van der Waals surface area contributed by atoms with Gasteiger partial charge in [-0.3, -0.25) is 0 Å². The topological polar surface area (TPSA) is 100 Å². The first-order valence-electron chi connectivity index (χ1n) is 9.99. The smallest absolute Gasteiger partial charge is 0.359 e. The molecule has 0 aromatic carbocycles. The first kappa shape index (κ1) is 26.9. The third-order valence-corrected chi connectivity index (χ3v) is 4.36. The Hall–Kier alpha value is -2.12. The second-order valence-electron chi connectivity index (χ2n) is 6.54. The van der Waals surface area contributed by atoms with Gasteiger partial charge in [-0.15, -0.1) is 24.0 Å². The van der Waals surface area contributed by atoms with Gasteiger partial charge in [-0.05, 0) is 25.8 Å². The van der Waals surface area contributed by atoms with Crippen LogP contribution in [0.1, 0.15) is 56.7 Å². The van der Waals surface area contributed by atoms with Crippen molar-refractivity contribution in [2.75, 3.05) is 25.0 Å². The number of hydrogen-bond acceptors (Lipinski definition) is 6. The molecule has 31 heavy (non-hydrogen) atoms. The summed E-state index contributed by atoms with van der Waals surface area (Å²) < 4.78 is 43.4. The average Bonchev–Trinajstić information content (AvgIpc) is 3.18. The molecule has 0 aliphatic heterocycles. The predicted molar refractivity (Wildman–Crippen MR) is 124 cm³/mol. The van der Waals surface area contributed by atoms with Crippen molar-refractivity contribution in [3.63, 3.8) is 0 Å². The van der Waals surface area contributed by atoms with Crippen molar-refractivity contribution < 1.29 is 17.7 Å². The van der Waals surface area contributed by atoms with Crippen LogP contribution in [0.4, 0.5) is 19.1 Å². The van der Waals surface area contributed by atoms with Gasteiger partial charge in [-0.25, -0.2) is 15.0 Å². The lowest BCUT2D eigenvalue weighted by Crippen LogP contribution is -2.39. The van der Waals surface area contributed by atoms with Crippen molar-refractivity contribution in [3.05, 3.63) is 35.5 Å². The summed E-state index contributed by atoms with van der Waals surface area (Å²) in [5.74, 6) is 1.53. The zero-order valence-electron chi connectivity index (χ0n) is 17.8. The van der Waals surface area contributed by atoms with E-state index in [2.05, 4.69) is 49.9 Å². The number of nitrogens with one attached hydrogen (secondary N) is 3. The summed E-state index contributed by atoms with van der Waals surface area (Å²) in [6.07, 6.45) is -1.43. The van der Waals surface area contributed by atoms with Gasteiger partial charge in [-0.2, -0.15) is 13.2 Å². The highest BCUT2D eigenvalue weighted by molar-refractivity contribution is 14.0. The molecule has 0 fully saturated rings. The lowest BCUT2D eigenvalue weighted by Gasteiger charge is -2.12. The van der Waals surface area contributed by atoms with Gasteiger partial charge in [0.2, 0.25) is 5.95 Å². The number of aromatic nitrogens is 3. The number of anilines is 1. The molecule has 0 spiro atoms. The summed E-state index contributed by atoms with van der Waals surface area (Å²) >= 11 is 0. The molecular formula is C19H29F3IN7O. The molecule has 12 heteroatoms. The van der Waals surface area contributed by atoms with Crippen molar-refractivity contribution in [3.8, 4) is 0 Å². The van der Waals surface area contributed by atoms with Crippen LogP contribution in [-0.2, 0) is 12.7 Å². The average molecular weight is 555 g/mol. The Morgan fingerprint density at radius 2 is 1.90 bits per heavy atom. The first-order chi connectivity index (χ1) is 14.4. The van der Waals surface area contributed by atoms with Crippen molar-refractivity contribution in [1.82, 2.24) is 25.8 Å². The molecule has 0 atom stereocenters. The Bertz CT molecular complexity index is 810. The summed E-state index contributed by atoms with van der Waals surface area (Å²) in [4.78, 5) is 11.7. The second-order valence-corrected chi connectivity index (χ2v) is 6.54. The van der Waals surface area contributed by atoms with E-state index >= 15 is 0 Å². The van der Waals surface area contributed by atoms with Gasteiger partial charge in [0.15, 0.2) is 11.7 Å². The van der Waals surface area contributed by atoms with Crippen LogP contribution in [0.15, 0.2) is 27.8 Å². The molecule has 3 N–H and O–H groups in total. The van der Waals surface area contributed by atoms with E-state index in [1.54, 1.807) is 0 Å². The molecule has 2 rings (SSSR count). The second kappa shape index (κ2) is 13.3. The molecule has 0 aliphatic rings. The van der Waals surface area contributed by atoms with Crippen LogP contribution >= 0.6 is 24.0 Å². The zero-order valence-corrected chi connectivity index (χ0v) is 20.1. The number of aliphatic imine (C=N–C) groups is 1. The third kappa shape index (κ3) is 8.87. The van der Waals surface area contributed by atoms with Crippen LogP contribution in [0.25, 0.3) is 0 Å². The minimum atomic E-state index is -4.50. The van der Waals surface area contributed by atoms with Gasteiger partial charge in [-0.1, -0.05) is 19.0 Å². The molecule has 0 saturated carbocycles. The normalized spacial score (nSPS) is 11.9. The summed E-state index contributed by atoms with van der Waals surface area (Å²) in [5.41, 5.74) is -0.0453. The minimum absolute atomic E-state index is 0. The van der Waals surface area contributed by atoms with Crippen LogP contribution in [0.2, 0.25) is 0 Å². The van der Waals surface area contributed by atoms with E-state index in [4.69, 9.17) is 4.52 Å². The van der Waals surface area contributed by atoms with E-state index in [0.29, 0.717) is 43.8 Å². The number of hydrogen-bond donors (Lipinski definition) is 3. The van der Waals surface area contributed by atoms with Crippen LogP contribution in [0.3, 0.4) is 0 Å². The van der Waals surface area contributed by atoms with E-state index < -0.39 is 11.9 Å². The zero-order chi connectivity index (χ0) is 22.0. The number of rotatable bonds is 10. The summed E-state index contributed by atoms with van der Waals surface area (Å²) in [6.45, 7) is 7.87. The van der Waals surface area contributed by atoms with E-state index in [9.17, 15) is 13.2 Å². The lowest BCUT2D eigenvalue weighted by molar-refractivity contribution is -0.141. The van der Waals surface area contributed by atoms with Gasteiger partial charge >= 0.3 is 6.18 Å². The number of alkyl halides is 3. The van der Waals surface area contributed by atoms with E-state index in [-0.39, 0.29) is 29.9 Å². The fourth-order valence-electron chi connectivity index (χ4n) is 2.76. The van der Waals surface area contributed by atoms with Gasteiger partial charge in [0, 0.05) is 37.8 Å². The number of guanidine groups is 1. The maximum absolute atomic E-state index is 12.7. The fraction of sp³-hybridized carbons (Fsp3) is 0.579. The summed E-state index contributed by atoms with van der Waals surface area (Å²) in [5, 5.41) is 13.1.